The standard InChI is InChI=1S/C23H18ClNO2/c1-14-7-9-17-19(13-14)23(27)25(2)20(11-12-26)21(17)18-10-8-15-5-3-4-6-16(15)22(18)24/h3-10,12-13H,11H2,1-2H3. The third-order valence-corrected chi connectivity index (χ3v) is 5.49. The lowest BCUT2D eigenvalue weighted by atomic mass is 9.93. The van der Waals surface area contributed by atoms with Gasteiger partial charge in [0.1, 0.15) is 6.29 Å². The summed E-state index contributed by atoms with van der Waals surface area (Å²) in [7, 11) is 1.71. The highest BCUT2D eigenvalue weighted by atomic mass is 35.5. The van der Waals surface area contributed by atoms with Crippen LogP contribution in [0.15, 0.2) is 59.4 Å². The number of hydrogen-bond donors (Lipinski definition) is 0. The van der Waals surface area contributed by atoms with Crippen molar-refractivity contribution in [3.8, 4) is 11.1 Å². The van der Waals surface area contributed by atoms with Crippen molar-refractivity contribution < 1.29 is 4.79 Å². The molecule has 3 nitrogen and oxygen atoms in total. The highest BCUT2D eigenvalue weighted by Gasteiger charge is 2.19. The Balaban J connectivity index is 2.20. The molecule has 1 aromatic heterocycles. The van der Waals surface area contributed by atoms with Crippen LogP contribution in [0.1, 0.15) is 11.3 Å². The van der Waals surface area contributed by atoms with E-state index in [4.69, 9.17) is 11.6 Å². The van der Waals surface area contributed by atoms with Gasteiger partial charge >= 0.3 is 0 Å². The number of rotatable bonds is 3. The van der Waals surface area contributed by atoms with Crippen LogP contribution in [0.5, 0.6) is 0 Å². The molecule has 0 bridgehead atoms. The number of aryl methyl sites for hydroxylation is 1. The maximum Gasteiger partial charge on any atom is 0.258 e. The van der Waals surface area contributed by atoms with Gasteiger partial charge in [0.25, 0.3) is 5.56 Å². The average Bonchev–Trinajstić information content (AvgIpc) is 2.68. The molecule has 0 fully saturated rings. The van der Waals surface area contributed by atoms with Crippen LogP contribution in [0.25, 0.3) is 32.7 Å². The fourth-order valence-electron chi connectivity index (χ4n) is 3.72. The zero-order valence-electron chi connectivity index (χ0n) is 15.1. The lowest BCUT2D eigenvalue weighted by Gasteiger charge is -2.18. The third-order valence-electron chi connectivity index (χ3n) is 5.08. The number of benzene rings is 3. The monoisotopic (exact) mass is 375 g/mol. The maximum absolute atomic E-state index is 12.9. The van der Waals surface area contributed by atoms with Crippen molar-refractivity contribution in [1.29, 1.82) is 0 Å². The number of hydrogen-bond acceptors (Lipinski definition) is 2. The zero-order chi connectivity index (χ0) is 19.1. The first-order valence-corrected chi connectivity index (χ1v) is 9.14. The van der Waals surface area contributed by atoms with E-state index in [2.05, 4.69) is 0 Å². The Labute approximate surface area is 161 Å². The summed E-state index contributed by atoms with van der Waals surface area (Å²) < 4.78 is 1.57. The van der Waals surface area contributed by atoms with Gasteiger partial charge < -0.3 is 9.36 Å². The summed E-state index contributed by atoms with van der Waals surface area (Å²) in [5.41, 5.74) is 3.25. The fourth-order valence-corrected chi connectivity index (χ4v) is 4.05. The quantitative estimate of drug-likeness (QED) is 0.469. The molecule has 0 saturated carbocycles. The molecule has 0 unspecified atom stereocenters. The molecule has 4 rings (SSSR count). The van der Waals surface area contributed by atoms with Crippen molar-refractivity contribution >= 4 is 39.4 Å². The first kappa shape index (κ1) is 17.5. The van der Waals surface area contributed by atoms with Crippen LogP contribution in [0.2, 0.25) is 5.02 Å². The molecule has 0 spiro atoms. The van der Waals surface area contributed by atoms with E-state index in [1.165, 1.54) is 0 Å². The normalized spacial score (nSPS) is 11.2. The summed E-state index contributed by atoms with van der Waals surface area (Å²) in [6.07, 6.45) is 0.974. The summed E-state index contributed by atoms with van der Waals surface area (Å²) >= 11 is 6.80. The van der Waals surface area contributed by atoms with Gasteiger partial charge in [-0.05, 0) is 23.8 Å². The van der Waals surface area contributed by atoms with Crippen LogP contribution in [-0.4, -0.2) is 10.9 Å². The van der Waals surface area contributed by atoms with Gasteiger partial charge in [-0.15, -0.1) is 0 Å². The molecule has 0 amide bonds. The summed E-state index contributed by atoms with van der Waals surface area (Å²) in [6, 6.07) is 17.7. The summed E-state index contributed by atoms with van der Waals surface area (Å²) in [5.74, 6) is 0. The number of nitrogens with zero attached hydrogens (tertiary/aromatic N) is 1. The zero-order valence-corrected chi connectivity index (χ0v) is 15.9. The van der Waals surface area contributed by atoms with E-state index in [1.54, 1.807) is 11.6 Å². The minimum absolute atomic E-state index is 0.105. The van der Waals surface area contributed by atoms with E-state index in [0.717, 1.165) is 39.1 Å². The minimum atomic E-state index is -0.105. The van der Waals surface area contributed by atoms with Gasteiger partial charge in [-0.1, -0.05) is 65.7 Å². The van der Waals surface area contributed by atoms with Crippen LogP contribution < -0.4 is 5.56 Å². The molecule has 0 aliphatic heterocycles. The molecule has 134 valence electrons. The van der Waals surface area contributed by atoms with Crippen molar-refractivity contribution in [1.82, 2.24) is 4.57 Å². The predicted molar refractivity (Wildman–Crippen MR) is 112 cm³/mol. The Kier molecular flexibility index (Phi) is 4.33. The van der Waals surface area contributed by atoms with Crippen LogP contribution in [0.4, 0.5) is 0 Å². The van der Waals surface area contributed by atoms with Crippen molar-refractivity contribution in [3.63, 3.8) is 0 Å². The molecule has 0 N–H and O–H groups in total. The van der Waals surface area contributed by atoms with E-state index >= 15 is 0 Å². The van der Waals surface area contributed by atoms with Gasteiger partial charge in [0.15, 0.2) is 0 Å². The van der Waals surface area contributed by atoms with Crippen molar-refractivity contribution in [3.05, 3.63) is 81.2 Å². The molecule has 4 heteroatoms. The third kappa shape index (κ3) is 2.75. The summed E-state index contributed by atoms with van der Waals surface area (Å²) in [6.45, 7) is 1.96. The largest absolute Gasteiger partial charge is 0.314 e. The maximum atomic E-state index is 12.9. The van der Waals surface area contributed by atoms with Crippen molar-refractivity contribution in [2.24, 2.45) is 7.05 Å². The lowest BCUT2D eigenvalue weighted by molar-refractivity contribution is -0.107. The van der Waals surface area contributed by atoms with E-state index in [-0.39, 0.29) is 12.0 Å². The van der Waals surface area contributed by atoms with E-state index < -0.39 is 0 Å². The fraction of sp³-hybridized carbons (Fsp3) is 0.130. The van der Waals surface area contributed by atoms with E-state index in [1.807, 2.05) is 61.5 Å². The molecule has 3 aromatic carbocycles. The first-order chi connectivity index (χ1) is 13.0. The SMILES string of the molecule is Cc1ccc2c(-c3ccc4ccccc4c3Cl)c(CC=O)n(C)c(=O)c2c1. The number of halogens is 1. The van der Waals surface area contributed by atoms with Crippen LogP contribution in [-0.2, 0) is 18.3 Å². The molecule has 0 aliphatic carbocycles. The second kappa shape index (κ2) is 6.67. The van der Waals surface area contributed by atoms with Crippen LogP contribution in [0.3, 0.4) is 0 Å². The second-order valence-electron chi connectivity index (χ2n) is 6.75. The Morgan fingerprint density at radius 3 is 2.56 bits per heavy atom. The number of pyridine rings is 1. The Morgan fingerprint density at radius 1 is 1.00 bits per heavy atom. The highest BCUT2D eigenvalue weighted by Crippen LogP contribution is 2.39. The van der Waals surface area contributed by atoms with Gasteiger partial charge in [0.2, 0.25) is 0 Å². The molecule has 0 atom stereocenters. The molecule has 27 heavy (non-hydrogen) atoms. The number of fused-ring (bicyclic) bond motifs is 2. The summed E-state index contributed by atoms with van der Waals surface area (Å²) in [4.78, 5) is 24.2. The molecule has 0 radical (unpaired) electrons. The topological polar surface area (TPSA) is 39.1 Å². The number of aromatic nitrogens is 1. The molecule has 0 aliphatic rings. The molecule has 4 aromatic rings. The van der Waals surface area contributed by atoms with Crippen molar-refractivity contribution in [2.75, 3.05) is 0 Å². The smallest absolute Gasteiger partial charge is 0.258 e. The predicted octanol–water partition coefficient (Wildman–Crippen LogP) is 5.06. The van der Waals surface area contributed by atoms with Crippen molar-refractivity contribution in [2.45, 2.75) is 13.3 Å². The Bertz CT molecular complexity index is 1270. The molecule has 1 heterocycles. The second-order valence-corrected chi connectivity index (χ2v) is 7.13. The van der Waals surface area contributed by atoms with Crippen LogP contribution >= 0.6 is 11.6 Å². The Hall–Kier alpha value is -2.91. The van der Waals surface area contributed by atoms with E-state index in [0.29, 0.717) is 16.1 Å². The Morgan fingerprint density at radius 2 is 1.78 bits per heavy atom. The van der Waals surface area contributed by atoms with Gasteiger partial charge in [0, 0.05) is 41.1 Å². The van der Waals surface area contributed by atoms with E-state index in [9.17, 15) is 9.59 Å². The number of aldehydes is 1. The molecular formula is C23H18ClNO2. The minimum Gasteiger partial charge on any atom is -0.314 e. The average molecular weight is 376 g/mol. The molecular weight excluding hydrogens is 358 g/mol. The number of carbonyl (C=O) groups is 1. The van der Waals surface area contributed by atoms with Gasteiger partial charge in [-0.3, -0.25) is 4.79 Å². The highest BCUT2D eigenvalue weighted by molar-refractivity contribution is 6.38. The van der Waals surface area contributed by atoms with Gasteiger partial charge in [0.05, 0.1) is 5.02 Å². The number of carbonyl (C=O) groups excluding carboxylic acids is 1. The van der Waals surface area contributed by atoms with Gasteiger partial charge in [-0.25, -0.2) is 0 Å². The molecule has 0 saturated heterocycles. The lowest BCUT2D eigenvalue weighted by Crippen LogP contribution is -2.22. The summed E-state index contributed by atoms with van der Waals surface area (Å²) in [5, 5.41) is 4.07. The van der Waals surface area contributed by atoms with Gasteiger partial charge in [-0.2, -0.15) is 0 Å². The van der Waals surface area contributed by atoms with Crippen LogP contribution in [0, 0.1) is 6.92 Å². The first-order valence-electron chi connectivity index (χ1n) is 8.76.